The van der Waals surface area contributed by atoms with Crippen LogP contribution in [-0.4, -0.2) is 16.6 Å². The summed E-state index contributed by atoms with van der Waals surface area (Å²) < 4.78 is 28.6. The Kier molecular flexibility index (Phi) is 3.19. The van der Waals surface area contributed by atoms with Crippen LogP contribution >= 0.6 is 0 Å². The van der Waals surface area contributed by atoms with Crippen molar-refractivity contribution in [3.05, 3.63) is 53.6 Å². The van der Waals surface area contributed by atoms with E-state index in [1.165, 1.54) is 6.07 Å². The SMILES string of the molecule is CNC(c1cc(F)ccc1F)c1nccn1C. The summed E-state index contributed by atoms with van der Waals surface area (Å²) in [6, 6.07) is 2.94. The maximum absolute atomic E-state index is 13.7. The van der Waals surface area contributed by atoms with Gasteiger partial charge < -0.3 is 9.88 Å². The molecule has 1 atom stereocenters. The molecule has 90 valence electrons. The molecule has 5 heteroatoms. The normalized spacial score (nSPS) is 12.7. The molecule has 0 radical (unpaired) electrons. The van der Waals surface area contributed by atoms with E-state index in [1.807, 2.05) is 7.05 Å². The molecule has 1 heterocycles. The molecule has 0 saturated heterocycles. The van der Waals surface area contributed by atoms with E-state index in [-0.39, 0.29) is 5.56 Å². The van der Waals surface area contributed by atoms with Gasteiger partial charge >= 0.3 is 0 Å². The third-order valence-corrected chi connectivity index (χ3v) is 2.67. The first-order chi connectivity index (χ1) is 8.13. The van der Waals surface area contributed by atoms with Gasteiger partial charge in [-0.25, -0.2) is 13.8 Å². The lowest BCUT2D eigenvalue weighted by atomic mass is 10.1. The van der Waals surface area contributed by atoms with Gasteiger partial charge in [0.05, 0.1) is 6.04 Å². The number of nitrogens with one attached hydrogen (secondary N) is 1. The fourth-order valence-corrected chi connectivity index (χ4v) is 1.81. The summed E-state index contributed by atoms with van der Waals surface area (Å²) in [7, 11) is 3.49. The number of aromatic nitrogens is 2. The van der Waals surface area contributed by atoms with Gasteiger partial charge in [-0.3, -0.25) is 0 Å². The fourth-order valence-electron chi connectivity index (χ4n) is 1.81. The van der Waals surface area contributed by atoms with Gasteiger partial charge in [0.15, 0.2) is 0 Å². The van der Waals surface area contributed by atoms with E-state index in [1.54, 1.807) is 24.0 Å². The summed E-state index contributed by atoms with van der Waals surface area (Å²) in [6.45, 7) is 0. The first kappa shape index (κ1) is 11.7. The van der Waals surface area contributed by atoms with E-state index in [0.29, 0.717) is 5.82 Å². The molecule has 1 aromatic heterocycles. The average Bonchev–Trinajstić information content (AvgIpc) is 2.71. The predicted octanol–water partition coefficient (Wildman–Crippen LogP) is 2.01. The molecule has 0 aliphatic rings. The van der Waals surface area contributed by atoms with Gasteiger partial charge in [-0.1, -0.05) is 0 Å². The standard InChI is InChI=1S/C12H13F2N3/c1-15-11(12-16-5-6-17(12)2)9-7-8(13)3-4-10(9)14/h3-7,11,15H,1-2H3. The Balaban J connectivity index is 2.49. The highest BCUT2D eigenvalue weighted by Gasteiger charge is 2.20. The first-order valence-electron chi connectivity index (χ1n) is 5.23. The zero-order valence-corrected chi connectivity index (χ0v) is 9.61. The number of aryl methyl sites for hydroxylation is 1. The van der Waals surface area contributed by atoms with Crippen LogP contribution in [0.2, 0.25) is 0 Å². The Labute approximate surface area is 98.1 Å². The van der Waals surface area contributed by atoms with Crippen molar-refractivity contribution in [1.82, 2.24) is 14.9 Å². The molecule has 0 aliphatic heterocycles. The minimum Gasteiger partial charge on any atom is -0.336 e. The van der Waals surface area contributed by atoms with E-state index in [4.69, 9.17) is 0 Å². The summed E-state index contributed by atoms with van der Waals surface area (Å²) in [5, 5.41) is 2.94. The Morgan fingerprint density at radius 2 is 2.12 bits per heavy atom. The molecule has 1 aromatic carbocycles. The fraction of sp³-hybridized carbons (Fsp3) is 0.250. The summed E-state index contributed by atoms with van der Waals surface area (Å²) in [5.41, 5.74) is 0.252. The lowest BCUT2D eigenvalue weighted by Crippen LogP contribution is -2.22. The quantitative estimate of drug-likeness (QED) is 0.885. The van der Waals surface area contributed by atoms with Crippen molar-refractivity contribution in [2.24, 2.45) is 7.05 Å². The minimum absolute atomic E-state index is 0.252. The van der Waals surface area contributed by atoms with Crippen LogP contribution in [0.4, 0.5) is 8.78 Å². The molecule has 0 fully saturated rings. The Morgan fingerprint density at radius 3 is 2.71 bits per heavy atom. The van der Waals surface area contributed by atoms with Crippen LogP contribution in [-0.2, 0) is 7.05 Å². The van der Waals surface area contributed by atoms with Crippen molar-refractivity contribution in [1.29, 1.82) is 0 Å². The van der Waals surface area contributed by atoms with Gasteiger partial charge in [0.2, 0.25) is 0 Å². The van der Waals surface area contributed by atoms with Crippen molar-refractivity contribution in [3.8, 4) is 0 Å². The second-order valence-electron chi connectivity index (χ2n) is 3.78. The topological polar surface area (TPSA) is 29.9 Å². The van der Waals surface area contributed by atoms with Crippen LogP contribution in [0, 0.1) is 11.6 Å². The van der Waals surface area contributed by atoms with Crippen LogP contribution < -0.4 is 5.32 Å². The minimum atomic E-state index is -0.467. The van der Waals surface area contributed by atoms with Crippen molar-refractivity contribution >= 4 is 0 Å². The Hall–Kier alpha value is -1.75. The highest BCUT2D eigenvalue weighted by atomic mass is 19.1. The monoisotopic (exact) mass is 237 g/mol. The number of halogens is 2. The van der Waals surface area contributed by atoms with E-state index >= 15 is 0 Å². The van der Waals surface area contributed by atoms with E-state index in [0.717, 1.165) is 12.1 Å². The number of imidazole rings is 1. The molecule has 2 rings (SSSR count). The second-order valence-corrected chi connectivity index (χ2v) is 3.78. The third kappa shape index (κ3) is 2.19. The lowest BCUT2D eigenvalue weighted by Gasteiger charge is -2.17. The highest BCUT2D eigenvalue weighted by molar-refractivity contribution is 5.27. The molecule has 0 aliphatic carbocycles. The van der Waals surface area contributed by atoms with E-state index in [2.05, 4.69) is 10.3 Å². The van der Waals surface area contributed by atoms with Crippen LogP contribution in [0.5, 0.6) is 0 Å². The second kappa shape index (κ2) is 4.63. The van der Waals surface area contributed by atoms with Gasteiger partial charge in [0.25, 0.3) is 0 Å². The number of nitrogens with zero attached hydrogens (tertiary/aromatic N) is 2. The summed E-state index contributed by atoms with van der Waals surface area (Å²) in [6.07, 6.45) is 3.38. The van der Waals surface area contributed by atoms with E-state index < -0.39 is 17.7 Å². The molecule has 0 amide bonds. The van der Waals surface area contributed by atoms with Crippen molar-refractivity contribution in [2.45, 2.75) is 6.04 Å². The third-order valence-electron chi connectivity index (χ3n) is 2.67. The molecule has 0 saturated carbocycles. The smallest absolute Gasteiger partial charge is 0.130 e. The van der Waals surface area contributed by atoms with Crippen molar-refractivity contribution < 1.29 is 8.78 Å². The largest absolute Gasteiger partial charge is 0.336 e. The molecule has 0 spiro atoms. The maximum atomic E-state index is 13.7. The van der Waals surface area contributed by atoms with Crippen LogP contribution in [0.1, 0.15) is 17.4 Å². The van der Waals surface area contributed by atoms with Crippen LogP contribution in [0.25, 0.3) is 0 Å². The summed E-state index contributed by atoms with van der Waals surface area (Å²) in [5.74, 6) is -0.276. The summed E-state index contributed by atoms with van der Waals surface area (Å²) >= 11 is 0. The zero-order chi connectivity index (χ0) is 12.4. The molecule has 2 aromatic rings. The molecular formula is C12H13F2N3. The number of benzene rings is 1. The van der Waals surface area contributed by atoms with E-state index in [9.17, 15) is 8.78 Å². The zero-order valence-electron chi connectivity index (χ0n) is 9.61. The van der Waals surface area contributed by atoms with Gasteiger partial charge in [0, 0.05) is 25.0 Å². The van der Waals surface area contributed by atoms with Crippen LogP contribution in [0.3, 0.4) is 0 Å². The molecular weight excluding hydrogens is 224 g/mol. The molecule has 3 nitrogen and oxygen atoms in total. The Bertz CT molecular complexity index is 522. The average molecular weight is 237 g/mol. The van der Waals surface area contributed by atoms with Gasteiger partial charge in [-0.2, -0.15) is 0 Å². The number of rotatable bonds is 3. The lowest BCUT2D eigenvalue weighted by molar-refractivity contribution is 0.540. The summed E-state index contributed by atoms with van der Waals surface area (Å²) in [4.78, 5) is 4.15. The first-order valence-corrected chi connectivity index (χ1v) is 5.23. The van der Waals surface area contributed by atoms with Crippen LogP contribution in [0.15, 0.2) is 30.6 Å². The number of hydrogen-bond donors (Lipinski definition) is 1. The molecule has 17 heavy (non-hydrogen) atoms. The van der Waals surface area contributed by atoms with Gasteiger partial charge in [0.1, 0.15) is 17.5 Å². The molecule has 1 N–H and O–H groups in total. The highest BCUT2D eigenvalue weighted by Crippen LogP contribution is 2.23. The maximum Gasteiger partial charge on any atom is 0.130 e. The molecule has 0 bridgehead atoms. The predicted molar refractivity (Wildman–Crippen MR) is 60.5 cm³/mol. The van der Waals surface area contributed by atoms with Gasteiger partial charge in [-0.05, 0) is 25.2 Å². The van der Waals surface area contributed by atoms with Crippen molar-refractivity contribution in [3.63, 3.8) is 0 Å². The Morgan fingerprint density at radius 1 is 1.35 bits per heavy atom. The van der Waals surface area contributed by atoms with Gasteiger partial charge in [-0.15, -0.1) is 0 Å². The molecule has 1 unspecified atom stereocenters. The van der Waals surface area contributed by atoms with Crippen molar-refractivity contribution in [2.75, 3.05) is 7.05 Å². The number of hydrogen-bond acceptors (Lipinski definition) is 2.